The van der Waals surface area contributed by atoms with Crippen molar-refractivity contribution in [3.8, 4) is 0 Å². The van der Waals surface area contributed by atoms with E-state index in [1.807, 2.05) is 0 Å². The summed E-state index contributed by atoms with van der Waals surface area (Å²) in [5.41, 5.74) is 4.54. The molecule has 7 nitrogen and oxygen atoms in total. The lowest BCUT2D eigenvalue weighted by Crippen LogP contribution is -2.38. The molecule has 1 aromatic carbocycles. The minimum atomic E-state index is -1.14. The molecule has 2 rings (SSSR count). The van der Waals surface area contributed by atoms with E-state index in [0.29, 0.717) is 5.52 Å². The lowest BCUT2D eigenvalue weighted by molar-refractivity contribution is -0.126. The van der Waals surface area contributed by atoms with Crippen molar-refractivity contribution in [1.29, 1.82) is 0 Å². The number of nitrogens with one attached hydrogen (secondary N) is 1. The predicted octanol–water partition coefficient (Wildman–Crippen LogP) is 0.539. The summed E-state index contributed by atoms with van der Waals surface area (Å²) in [5.74, 6) is -1.70. The van der Waals surface area contributed by atoms with Gasteiger partial charge >= 0.3 is 11.7 Å². The molecule has 0 aliphatic heterocycles. The zero-order chi connectivity index (χ0) is 15.1. The van der Waals surface area contributed by atoms with Crippen molar-refractivity contribution < 1.29 is 14.7 Å². The summed E-state index contributed by atoms with van der Waals surface area (Å²) in [6, 6.07) is 4.56. The van der Waals surface area contributed by atoms with E-state index in [-0.39, 0.29) is 17.6 Å². The van der Waals surface area contributed by atoms with Gasteiger partial charge in [-0.05, 0) is 26.0 Å². The first-order valence-corrected chi connectivity index (χ1v) is 5.99. The molecular weight excluding hydrogens is 262 g/mol. The Bertz CT molecular complexity index is 755. The third kappa shape index (κ3) is 2.18. The van der Waals surface area contributed by atoms with Crippen molar-refractivity contribution in [1.82, 2.24) is 9.55 Å². The molecule has 7 heteroatoms. The first-order chi connectivity index (χ1) is 9.24. The fraction of sp³-hybridized carbons (Fsp3) is 0.308. The van der Waals surface area contributed by atoms with Crippen molar-refractivity contribution in [3.05, 3.63) is 34.2 Å². The number of carboxylic acid groups (broad SMARTS) is 1. The fourth-order valence-electron chi connectivity index (χ4n) is 2.02. The average molecular weight is 277 g/mol. The van der Waals surface area contributed by atoms with Crippen molar-refractivity contribution in [2.75, 3.05) is 0 Å². The molecule has 0 bridgehead atoms. The van der Waals surface area contributed by atoms with E-state index in [1.165, 1.54) is 10.6 Å². The van der Waals surface area contributed by atoms with E-state index < -0.39 is 23.0 Å². The van der Waals surface area contributed by atoms with Crippen LogP contribution in [0.4, 0.5) is 0 Å². The number of nitrogens with two attached hydrogens (primary N) is 1. The number of imidazole rings is 1. The Kier molecular flexibility index (Phi) is 3.13. The molecule has 2 aromatic rings. The molecule has 0 fully saturated rings. The highest BCUT2D eigenvalue weighted by Gasteiger charge is 2.28. The molecule has 0 unspecified atom stereocenters. The van der Waals surface area contributed by atoms with Crippen LogP contribution >= 0.6 is 0 Å². The molecule has 0 atom stereocenters. The van der Waals surface area contributed by atoms with Gasteiger partial charge in [0.2, 0.25) is 5.91 Å². The van der Waals surface area contributed by atoms with Crippen LogP contribution in [0.1, 0.15) is 24.2 Å². The largest absolute Gasteiger partial charge is 0.478 e. The smallest absolute Gasteiger partial charge is 0.337 e. The van der Waals surface area contributed by atoms with Crippen LogP contribution in [0.2, 0.25) is 0 Å². The Morgan fingerprint density at radius 3 is 2.60 bits per heavy atom. The van der Waals surface area contributed by atoms with E-state index in [2.05, 4.69) is 4.98 Å². The SMILES string of the molecule is CC(C)(Cn1c(=O)[nH]c2cccc(C(=O)O)c21)C(N)=O. The highest BCUT2D eigenvalue weighted by atomic mass is 16.4. The molecule has 0 saturated carbocycles. The predicted molar refractivity (Wildman–Crippen MR) is 72.5 cm³/mol. The molecule has 0 aliphatic carbocycles. The number of hydrogen-bond acceptors (Lipinski definition) is 3. The van der Waals surface area contributed by atoms with Crippen LogP contribution in [0.3, 0.4) is 0 Å². The van der Waals surface area contributed by atoms with Gasteiger partial charge in [0.1, 0.15) is 0 Å². The summed E-state index contributed by atoms with van der Waals surface area (Å²) >= 11 is 0. The Hall–Kier alpha value is -2.57. The molecule has 1 amide bonds. The topological polar surface area (TPSA) is 118 Å². The normalized spacial score (nSPS) is 11.7. The molecule has 0 spiro atoms. The van der Waals surface area contributed by atoms with Crippen LogP contribution in [0.15, 0.2) is 23.0 Å². The second kappa shape index (κ2) is 4.52. The minimum Gasteiger partial charge on any atom is -0.478 e. The number of hydrogen-bond donors (Lipinski definition) is 3. The van der Waals surface area contributed by atoms with E-state index in [9.17, 15) is 19.5 Å². The van der Waals surface area contributed by atoms with Crippen molar-refractivity contribution in [2.45, 2.75) is 20.4 Å². The van der Waals surface area contributed by atoms with Gasteiger partial charge in [-0.25, -0.2) is 9.59 Å². The molecule has 4 N–H and O–H groups in total. The highest BCUT2D eigenvalue weighted by molar-refractivity contribution is 6.01. The zero-order valence-corrected chi connectivity index (χ0v) is 11.1. The number of para-hydroxylation sites is 1. The first-order valence-electron chi connectivity index (χ1n) is 5.99. The molecule has 1 aromatic heterocycles. The van der Waals surface area contributed by atoms with Gasteiger partial charge in [0, 0.05) is 6.54 Å². The number of H-pyrrole nitrogens is 1. The van der Waals surface area contributed by atoms with Crippen LogP contribution in [-0.2, 0) is 11.3 Å². The standard InChI is InChI=1S/C13H15N3O4/c1-13(2,11(14)19)6-16-9-7(10(17)18)4-3-5-8(9)15-12(16)20/h3-5H,6H2,1-2H3,(H2,14,19)(H,15,20)(H,17,18). The van der Waals surface area contributed by atoms with E-state index in [1.54, 1.807) is 26.0 Å². The van der Waals surface area contributed by atoms with Crippen LogP contribution in [0.5, 0.6) is 0 Å². The van der Waals surface area contributed by atoms with Crippen LogP contribution in [-0.4, -0.2) is 26.5 Å². The van der Waals surface area contributed by atoms with E-state index >= 15 is 0 Å². The number of amides is 1. The number of aromatic amines is 1. The van der Waals surface area contributed by atoms with E-state index in [4.69, 9.17) is 5.73 Å². The Balaban J connectivity index is 2.70. The molecular formula is C13H15N3O4. The lowest BCUT2D eigenvalue weighted by Gasteiger charge is -2.21. The summed E-state index contributed by atoms with van der Waals surface area (Å²) in [6.07, 6.45) is 0. The highest BCUT2D eigenvalue weighted by Crippen LogP contribution is 2.22. The summed E-state index contributed by atoms with van der Waals surface area (Å²) in [6.45, 7) is 3.21. The maximum atomic E-state index is 12.0. The van der Waals surface area contributed by atoms with Gasteiger partial charge in [0.05, 0.1) is 22.0 Å². The molecule has 20 heavy (non-hydrogen) atoms. The van der Waals surface area contributed by atoms with Gasteiger partial charge in [-0.1, -0.05) is 6.07 Å². The van der Waals surface area contributed by atoms with Gasteiger partial charge < -0.3 is 15.8 Å². The maximum absolute atomic E-state index is 12.0. The maximum Gasteiger partial charge on any atom is 0.337 e. The van der Waals surface area contributed by atoms with Crippen molar-refractivity contribution in [3.63, 3.8) is 0 Å². The molecule has 0 aliphatic rings. The monoisotopic (exact) mass is 277 g/mol. The van der Waals surface area contributed by atoms with Crippen molar-refractivity contribution in [2.24, 2.45) is 11.1 Å². The number of fused-ring (bicyclic) bond motifs is 1. The quantitative estimate of drug-likeness (QED) is 0.755. The molecule has 0 saturated heterocycles. The second-order valence-electron chi connectivity index (χ2n) is 5.27. The van der Waals surface area contributed by atoms with Crippen LogP contribution in [0.25, 0.3) is 11.0 Å². The summed E-state index contributed by atoms with van der Waals surface area (Å²) in [7, 11) is 0. The second-order valence-corrected chi connectivity index (χ2v) is 5.27. The Labute approximate surface area is 114 Å². The van der Waals surface area contributed by atoms with Gasteiger partial charge in [0.15, 0.2) is 0 Å². The number of aromatic nitrogens is 2. The summed E-state index contributed by atoms with van der Waals surface area (Å²) in [4.78, 5) is 37.2. The Morgan fingerprint density at radius 1 is 1.40 bits per heavy atom. The Morgan fingerprint density at radius 2 is 2.05 bits per heavy atom. The molecule has 106 valence electrons. The third-order valence-electron chi connectivity index (χ3n) is 3.24. The first kappa shape index (κ1) is 13.9. The number of carbonyl (C=O) groups excluding carboxylic acids is 1. The van der Waals surface area contributed by atoms with E-state index in [0.717, 1.165) is 0 Å². The number of carboxylic acids is 1. The van der Waals surface area contributed by atoms with Gasteiger partial charge in [-0.3, -0.25) is 9.36 Å². The zero-order valence-electron chi connectivity index (χ0n) is 11.1. The number of rotatable bonds is 4. The summed E-state index contributed by atoms with van der Waals surface area (Å²) in [5, 5.41) is 9.20. The number of nitrogens with zero attached hydrogens (tertiary/aromatic N) is 1. The number of benzene rings is 1. The lowest BCUT2D eigenvalue weighted by atomic mass is 9.92. The number of carbonyl (C=O) groups is 2. The molecule has 0 radical (unpaired) electrons. The number of primary amides is 1. The van der Waals surface area contributed by atoms with Crippen molar-refractivity contribution >= 4 is 22.9 Å². The van der Waals surface area contributed by atoms with Crippen LogP contribution < -0.4 is 11.4 Å². The average Bonchev–Trinajstić information content (AvgIpc) is 2.65. The number of aromatic carboxylic acids is 1. The van der Waals surface area contributed by atoms with Crippen LogP contribution in [0, 0.1) is 5.41 Å². The van der Waals surface area contributed by atoms with Gasteiger partial charge in [-0.15, -0.1) is 0 Å². The van der Waals surface area contributed by atoms with Gasteiger partial charge in [0.25, 0.3) is 0 Å². The van der Waals surface area contributed by atoms with Gasteiger partial charge in [-0.2, -0.15) is 0 Å². The minimum absolute atomic E-state index is 0.00104. The molecule has 1 heterocycles. The fourth-order valence-corrected chi connectivity index (χ4v) is 2.02. The summed E-state index contributed by atoms with van der Waals surface area (Å²) < 4.78 is 1.24. The third-order valence-corrected chi connectivity index (χ3v) is 3.24.